The Morgan fingerprint density at radius 3 is 2.46 bits per heavy atom. The minimum absolute atomic E-state index is 0.0944. The molecule has 0 aliphatic carbocycles. The molecule has 3 aromatic rings. The van der Waals surface area contributed by atoms with Crippen molar-refractivity contribution in [1.29, 1.82) is 0 Å². The lowest BCUT2D eigenvalue weighted by molar-refractivity contribution is -0.132. The maximum absolute atomic E-state index is 13.4. The zero-order valence-electron chi connectivity index (χ0n) is 20.2. The van der Waals surface area contributed by atoms with E-state index in [0.717, 1.165) is 0 Å². The molecule has 2 aliphatic rings. The molecule has 2 aromatic carbocycles. The highest BCUT2D eigenvalue weighted by molar-refractivity contribution is 6.51. The van der Waals surface area contributed by atoms with E-state index in [2.05, 4.69) is 4.98 Å². The quantitative estimate of drug-likeness (QED) is 0.242. The number of Topliss-reactive ketones (excluding diaryl/α,β-unsaturated/α-hetero) is 1. The topological polar surface area (TPSA) is 115 Å². The molecule has 5 rings (SSSR count). The fourth-order valence-electron chi connectivity index (χ4n) is 4.37. The molecule has 1 saturated heterocycles. The van der Waals surface area contributed by atoms with E-state index in [1.807, 2.05) is 0 Å². The summed E-state index contributed by atoms with van der Waals surface area (Å²) in [6.07, 6.45) is 2.75. The Balaban J connectivity index is 1.64. The van der Waals surface area contributed by atoms with Gasteiger partial charge in [0.1, 0.15) is 19.0 Å². The number of aliphatic hydroxyl groups excluding tert-OH is 1. The molecule has 37 heavy (non-hydrogen) atoms. The van der Waals surface area contributed by atoms with Crippen LogP contribution in [0, 0.1) is 0 Å². The molecule has 1 amide bonds. The number of aromatic nitrogens is 1. The molecule has 0 radical (unpaired) electrons. The lowest BCUT2D eigenvalue weighted by atomic mass is 9.95. The Hall–Kier alpha value is -4.66. The van der Waals surface area contributed by atoms with Gasteiger partial charge in [-0.15, -0.1) is 0 Å². The van der Waals surface area contributed by atoms with Crippen molar-refractivity contribution in [1.82, 2.24) is 4.98 Å². The molecule has 1 N–H and O–H groups in total. The van der Waals surface area contributed by atoms with Gasteiger partial charge in [0.2, 0.25) is 0 Å². The van der Waals surface area contributed by atoms with Crippen LogP contribution in [0.4, 0.5) is 5.69 Å². The smallest absolute Gasteiger partial charge is 0.338 e. The highest BCUT2D eigenvalue weighted by Crippen LogP contribution is 2.43. The van der Waals surface area contributed by atoms with Crippen molar-refractivity contribution < 1.29 is 33.7 Å². The van der Waals surface area contributed by atoms with Crippen LogP contribution in [-0.4, -0.2) is 47.1 Å². The summed E-state index contributed by atoms with van der Waals surface area (Å²) in [5.74, 6) is -1.64. The largest absolute Gasteiger partial charge is 0.507 e. The van der Waals surface area contributed by atoms with Crippen LogP contribution < -0.4 is 14.4 Å². The molecule has 1 unspecified atom stereocenters. The summed E-state index contributed by atoms with van der Waals surface area (Å²) in [6.45, 7) is 4.24. The first kappa shape index (κ1) is 24.1. The minimum Gasteiger partial charge on any atom is -0.507 e. The van der Waals surface area contributed by atoms with E-state index in [9.17, 15) is 19.5 Å². The SMILES string of the molecule is CC(C)OC(=O)c1cccc(N2C(=O)C(=O)/C(=C(\O)c3ccc4c(c3)OCCO4)C2c2ccncc2)c1. The van der Waals surface area contributed by atoms with E-state index < -0.39 is 23.7 Å². The van der Waals surface area contributed by atoms with Gasteiger partial charge in [-0.2, -0.15) is 0 Å². The molecule has 1 aromatic heterocycles. The Kier molecular flexibility index (Phi) is 6.35. The number of carbonyl (C=O) groups is 3. The number of fused-ring (bicyclic) bond motifs is 1. The Morgan fingerprint density at radius 1 is 1.00 bits per heavy atom. The van der Waals surface area contributed by atoms with Gasteiger partial charge in [0.15, 0.2) is 11.5 Å². The van der Waals surface area contributed by atoms with E-state index >= 15 is 0 Å². The third-order valence-corrected chi connectivity index (χ3v) is 5.98. The second-order valence-electron chi connectivity index (χ2n) is 8.81. The third kappa shape index (κ3) is 4.51. The molecule has 1 atom stereocenters. The monoisotopic (exact) mass is 500 g/mol. The summed E-state index contributed by atoms with van der Waals surface area (Å²) in [6, 6.07) is 13.5. The van der Waals surface area contributed by atoms with Crippen LogP contribution in [0.5, 0.6) is 11.5 Å². The van der Waals surface area contributed by atoms with Crippen molar-refractivity contribution in [2.24, 2.45) is 0 Å². The number of amides is 1. The van der Waals surface area contributed by atoms with Crippen LogP contribution in [0.25, 0.3) is 5.76 Å². The number of hydrogen-bond donors (Lipinski definition) is 1. The fourth-order valence-corrected chi connectivity index (χ4v) is 4.37. The molecule has 2 aliphatic heterocycles. The van der Waals surface area contributed by atoms with E-state index in [4.69, 9.17) is 14.2 Å². The van der Waals surface area contributed by atoms with Gasteiger partial charge in [-0.25, -0.2) is 4.79 Å². The predicted molar refractivity (Wildman–Crippen MR) is 133 cm³/mol. The molecular formula is C28H24N2O7. The van der Waals surface area contributed by atoms with Gasteiger partial charge in [0.05, 0.1) is 23.3 Å². The molecule has 9 nitrogen and oxygen atoms in total. The van der Waals surface area contributed by atoms with Crippen LogP contribution >= 0.6 is 0 Å². The normalized spacial score (nSPS) is 18.2. The summed E-state index contributed by atoms with van der Waals surface area (Å²) >= 11 is 0. The molecule has 1 fully saturated rings. The van der Waals surface area contributed by atoms with Crippen molar-refractivity contribution in [2.75, 3.05) is 18.1 Å². The molecule has 9 heteroatoms. The Bertz CT molecular complexity index is 1420. The van der Waals surface area contributed by atoms with E-state index in [1.165, 1.54) is 23.4 Å². The highest BCUT2D eigenvalue weighted by Gasteiger charge is 2.47. The second kappa shape index (κ2) is 9.77. The average Bonchev–Trinajstić information content (AvgIpc) is 3.18. The van der Waals surface area contributed by atoms with E-state index in [-0.39, 0.29) is 23.0 Å². The molecule has 0 saturated carbocycles. The number of ether oxygens (including phenoxy) is 3. The summed E-state index contributed by atoms with van der Waals surface area (Å²) in [7, 11) is 0. The van der Waals surface area contributed by atoms with Crippen molar-refractivity contribution in [3.63, 3.8) is 0 Å². The van der Waals surface area contributed by atoms with Gasteiger partial charge in [-0.05, 0) is 67.9 Å². The number of pyridine rings is 1. The number of anilines is 1. The maximum atomic E-state index is 13.4. The third-order valence-electron chi connectivity index (χ3n) is 5.98. The molecular weight excluding hydrogens is 476 g/mol. The van der Waals surface area contributed by atoms with Crippen LogP contribution in [0.3, 0.4) is 0 Å². The lowest BCUT2D eigenvalue weighted by Gasteiger charge is -2.26. The van der Waals surface area contributed by atoms with Crippen molar-refractivity contribution in [2.45, 2.75) is 26.0 Å². The zero-order valence-corrected chi connectivity index (χ0v) is 20.2. The summed E-state index contributed by atoms with van der Waals surface area (Å²) in [5, 5.41) is 11.3. The summed E-state index contributed by atoms with van der Waals surface area (Å²) in [4.78, 5) is 44.6. The number of nitrogens with zero attached hydrogens (tertiary/aromatic N) is 2. The fraction of sp³-hybridized carbons (Fsp3) is 0.214. The Morgan fingerprint density at radius 2 is 1.73 bits per heavy atom. The number of ketones is 1. The van der Waals surface area contributed by atoms with Crippen LogP contribution in [0.1, 0.15) is 41.4 Å². The maximum Gasteiger partial charge on any atom is 0.338 e. The van der Waals surface area contributed by atoms with Crippen LogP contribution in [0.15, 0.2) is 72.6 Å². The predicted octanol–water partition coefficient (Wildman–Crippen LogP) is 4.04. The van der Waals surface area contributed by atoms with Gasteiger partial charge >= 0.3 is 5.97 Å². The van der Waals surface area contributed by atoms with Crippen molar-refractivity contribution >= 4 is 29.1 Å². The first-order chi connectivity index (χ1) is 17.8. The first-order valence-electron chi connectivity index (χ1n) is 11.8. The van der Waals surface area contributed by atoms with E-state index in [1.54, 1.807) is 62.4 Å². The zero-order chi connectivity index (χ0) is 26.1. The molecule has 188 valence electrons. The van der Waals surface area contributed by atoms with Gasteiger partial charge in [-0.1, -0.05) is 6.07 Å². The van der Waals surface area contributed by atoms with Crippen LogP contribution in [-0.2, 0) is 14.3 Å². The van der Waals surface area contributed by atoms with Gasteiger partial charge in [0, 0.05) is 23.6 Å². The molecule has 0 spiro atoms. The summed E-state index contributed by atoms with van der Waals surface area (Å²) < 4.78 is 16.4. The average molecular weight is 501 g/mol. The van der Waals surface area contributed by atoms with Crippen LogP contribution in [0.2, 0.25) is 0 Å². The van der Waals surface area contributed by atoms with Crippen molar-refractivity contribution in [3.05, 3.63) is 89.3 Å². The van der Waals surface area contributed by atoms with Gasteiger partial charge in [0.25, 0.3) is 11.7 Å². The van der Waals surface area contributed by atoms with Gasteiger partial charge in [-0.3, -0.25) is 19.5 Å². The van der Waals surface area contributed by atoms with E-state index in [0.29, 0.717) is 41.5 Å². The number of carbonyl (C=O) groups excluding carboxylic acids is 3. The molecule has 3 heterocycles. The Labute approximate surface area is 212 Å². The second-order valence-corrected chi connectivity index (χ2v) is 8.81. The summed E-state index contributed by atoms with van der Waals surface area (Å²) in [5.41, 5.74) is 1.30. The standard InChI is InChI=1S/C28H24N2O7/c1-16(2)37-28(34)19-4-3-5-20(14-19)30-24(17-8-10-29-11-9-17)23(26(32)27(30)33)25(31)18-6-7-21-22(15-18)36-13-12-35-21/h3-11,14-16,24,31H,12-13H2,1-2H3/b25-23-. The number of aliphatic hydroxyl groups is 1. The highest BCUT2D eigenvalue weighted by atomic mass is 16.6. The minimum atomic E-state index is -0.965. The lowest BCUT2D eigenvalue weighted by Crippen LogP contribution is -2.29. The van der Waals surface area contributed by atoms with Gasteiger partial charge < -0.3 is 19.3 Å². The molecule has 0 bridgehead atoms. The first-order valence-corrected chi connectivity index (χ1v) is 11.8. The number of hydrogen-bond acceptors (Lipinski definition) is 8. The number of benzene rings is 2. The number of esters is 1. The van der Waals surface area contributed by atoms with Crippen molar-refractivity contribution in [3.8, 4) is 11.5 Å². The number of rotatable bonds is 5.